The van der Waals surface area contributed by atoms with Gasteiger partial charge in [-0.15, -0.1) is 0 Å². The molecule has 2 saturated carbocycles. The number of carbonyl (C=O) groups excluding carboxylic acids is 2. The predicted octanol–water partition coefficient (Wildman–Crippen LogP) is 2.07. The molecule has 1 saturated heterocycles. The molecule has 1 heterocycles. The van der Waals surface area contributed by atoms with E-state index in [9.17, 15) is 9.59 Å². The van der Waals surface area contributed by atoms with Crippen LogP contribution in [0.25, 0.3) is 0 Å². The average molecular weight is 363 g/mol. The molecule has 2 amide bonds. The van der Waals surface area contributed by atoms with E-state index in [4.69, 9.17) is 0 Å². The maximum Gasteiger partial charge on any atom is 0.317 e. The smallest absolute Gasteiger partial charge is 0.317 e. The summed E-state index contributed by atoms with van der Waals surface area (Å²) in [6.07, 6.45) is 7.68. The van der Waals surface area contributed by atoms with E-state index >= 15 is 0 Å². The molecule has 3 aliphatic rings. The largest absolute Gasteiger partial charge is 0.383 e. The van der Waals surface area contributed by atoms with Crippen molar-refractivity contribution in [2.75, 3.05) is 34.2 Å². The van der Waals surface area contributed by atoms with Crippen LogP contribution in [-0.4, -0.2) is 78.9 Å². The maximum atomic E-state index is 12.6. The van der Waals surface area contributed by atoms with Gasteiger partial charge in [-0.3, -0.25) is 9.69 Å². The third kappa shape index (κ3) is 4.40. The van der Waals surface area contributed by atoms with Gasteiger partial charge in [0.05, 0.1) is 0 Å². The van der Waals surface area contributed by atoms with Crippen molar-refractivity contribution in [1.29, 1.82) is 0 Å². The van der Waals surface area contributed by atoms with Crippen LogP contribution in [0, 0.1) is 5.92 Å². The fraction of sp³-hybridized carbons (Fsp3) is 0.800. The summed E-state index contributed by atoms with van der Waals surface area (Å²) in [6.45, 7) is 4.11. The second-order valence-electron chi connectivity index (χ2n) is 8.50. The van der Waals surface area contributed by atoms with Gasteiger partial charge in [0, 0.05) is 64.0 Å². The van der Waals surface area contributed by atoms with Gasteiger partial charge in [-0.2, -0.15) is 0 Å². The molecule has 146 valence electrons. The fourth-order valence-electron chi connectivity index (χ4n) is 4.53. The third-order valence-electron chi connectivity index (χ3n) is 5.96. The molecule has 3 fully saturated rings. The van der Waals surface area contributed by atoms with E-state index in [0.717, 1.165) is 50.8 Å². The highest BCUT2D eigenvalue weighted by Gasteiger charge is 2.42. The van der Waals surface area contributed by atoms with Crippen molar-refractivity contribution in [3.05, 3.63) is 11.8 Å². The molecule has 0 radical (unpaired) electrons. The standard InChI is InChI=1S/C20H34N4O2/c1-5-8-24-13-16(21-20(26)23(4)17-6-7-17)9-14-11-19(25)15(10-18(14)24)12-22(2)3/h12,14,16-18H,5-11,13H2,1-4H3,(H,21,26)/t14-,16+,18-/m1/s1. The van der Waals surface area contributed by atoms with E-state index in [1.54, 1.807) is 0 Å². The molecule has 1 aliphatic heterocycles. The lowest BCUT2D eigenvalue weighted by molar-refractivity contribution is -0.119. The molecule has 26 heavy (non-hydrogen) atoms. The number of ketones is 1. The average Bonchev–Trinajstić information content (AvgIpc) is 3.40. The summed E-state index contributed by atoms with van der Waals surface area (Å²) in [5, 5.41) is 3.23. The highest BCUT2D eigenvalue weighted by atomic mass is 16.2. The Morgan fingerprint density at radius 1 is 1.27 bits per heavy atom. The number of urea groups is 1. The van der Waals surface area contributed by atoms with Crippen LogP contribution >= 0.6 is 0 Å². The lowest BCUT2D eigenvalue weighted by Gasteiger charge is -2.47. The maximum absolute atomic E-state index is 12.6. The van der Waals surface area contributed by atoms with Crippen LogP contribution in [-0.2, 0) is 4.79 Å². The van der Waals surface area contributed by atoms with Gasteiger partial charge in [0.25, 0.3) is 0 Å². The van der Waals surface area contributed by atoms with Crippen molar-refractivity contribution < 1.29 is 9.59 Å². The highest BCUT2D eigenvalue weighted by molar-refractivity contribution is 5.96. The monoisotopic (exact) mass is 362 g/mol. The van der Waals surface area contributed by atoms with Crippen molar-refractivity contribution in [2.45, 2.75) is 63.6 Å². The van der Waals surface area contributed by atoms with Crippen LogP contribution in [0.4, 0.5) is 4.79 Å². The Hall–Kier alpha value is -1.56. The zero-order valence-corrected chi connectivity index (χ0v) is 16.7. The van der Waals surface area contributed by atoms with E-state index < -0.39 is 0 Å². The number of amides is 2. The molecule has 0 aromatic rings. The van der Waals surface area contributed by atoms with Crippen LogP contribution in [0.1, 0.15) is 45.4 Å². The van der Waals surface area contributed by atoms with Crippen LogP contribution in [0.3, 0.4) is 0 Å². The Kier molecular flexibility index (Phi) is 5.90. The van der Waals surface area contributed by atoms with Crippen molar-refractivity contribution >= 4 is 11.8 Å². The molecular formula is C20H34N4O2. The second kappa shape index (κ2) is 7.99. The number of nitrogens with one attached hydrogen (secondary N) is 1. The number of hydrogen-bond acceptors (Lipinski definition) is 4. The molecule has 0 unspecified atom stereocenters. The van der Waals surface area contributed by atoms with E-state index in [0.29, 0.717) is 24.4 Å². The Balaban J connectivity index is 1.68. The molecule has 6 heteroatoms. The van der Waals surface area contributed by atoms with Gasteiger partial charge < -0.3 is 15.1 Å². The van der Waals surface area contributed by atoms with Crippen molar-refractivity contribution in [3.8, 4) is 0 Å². The van der Waals surface area contributed by atoms with Gasteiger partial charge in [0.15, 0.2) is 5.78 Å². The molecule has 1 N–H and O–H groups in total. The number of fused-ring (bicyclic) bond motifs is 1. The summed E-state index contributed by atoms with van der Waals surface area (Å²) < 4.78 is 0. The van der Waals surface area contributed by atoms with Gasteiger partial charge in [-0.25, -0.2) is 4.79 Å². The summed E-state index contributed by atoms with van der Waals surface area (Å²) in [5.41, 5.74) is 0.952. The van der Waals surface area contributed by atoms with Crippen molar-refractivity contribution in [3.63, 3.8) is 0 Å². The van der Waals surface area contributed by atoms with E-state index in [1.165, 1.54) is 0 Å². The number of Topliss-reactive ketones (excluding diaryl/α,β-unsaturated/α-hetero) is 1. The van der Waals surface area contributed by atoms with E-state index in [1.807, 2.05) is 37.1 Å². The Morgan fingerprint density at radius 2 is 2.00 bits per heavy atom. The van der Waals surface area contributed by atoms with Gasteiger partial charge in [0.1, 0.15) is 0 Å². The number of carbonyl (C=O) groups is 2. The minimum absolute atomic E-state index is 0.0442. The number of likely N-dealkylation sites (tertiary alicyclic amines) is 1. The van der Waals surface area contributed by atoms with Crippen LogP contribution in [0.15, 0.2) is 11.8 Å². The zero-order valence-electron chi connectivity index (χ0n) is 16.7. The van der Waals surface area contributed by atoms with Crippen LogP contribution in [0.2, 0.25) is 0 Å². The molecule has 0 bridgehead atoms. The van der Waals surface area contributed by atoms with Crippen LogP contribution < -0.4 is 5.32 Å². The van der Waals surface area contributed by atoms with Gasteiger partial charge in [-0.05, 0) is 44.6 Å². The van der Waals surface area contributed by atoms with Crippen molar-refractivity contribution in [2.24, 2.45) is 5.92 Å². The number of piperidine rings is 1. The summed E-state index contributed by atoms with van der Waals surface area (Å²) in [7, 11) is 5.84. The lowest BCUT2D eigenvalue weighted by atomic mass is 9.74. The minimum atomic E-state index is 0.0442. The Labute approximate surface area is 157 Å². The topological polar surface area (TPSA) is 55.9 Å². The molecule has 0 spiro atoms. The number of nitrogens with zero attached hydrogens (tertiary/aromatic N) is 3. The van der Waals surface area contributed by atoms with Gasteiger partial charge >= 0.3 is 6.03 Å². The quantitative estimate of drug-likeness (QED) is 0.761. The van der Waals surface area contributed by atoms with Crippen molar-refractivity contribution in [1.82, 2.24) is 20.0 Å². The summed E-state index contributed by atoms with van der Waals surface area (Å²) in [6, 6.07) is 1.03. The zero-order chi connectivity index (χ0) is 18.8. The Bertz CT molecular complexity index is 570. The molecule has 6 nitrogen and oxygen atoms in total. The summed E-state index contributed by atoms with van der Waals surface area (Å²) >= 11 is 0. The third-order valence-corrected chi connectivity index (χ3v) is 5.96. The Morgan fingerprint density at radius 3 is 2.62 bits per heavy atom. The fourth-order valence-corrected chi connectivity index (χ4v) is 4.53. The first-order chi connectivity index (χ1) is 12.4. The highest BCUT2D eigenvalue weighted by Crippen LogP contribution is 2.36. The molecule has 2 aliphatic carbocycles. The number of hydrogen-bond donors (Lipinski definition) is 1. The molecule has 3 atom stereocenters. The predicted molar refractivity (Wildman–Crippen MR) is 103 cm³/mol. The molecule has 0 aromatic carbocycles. The molecular weight excluding hydrogens is 328 g/mol. The van der Waals surface area contributed by atoms with Crippen LogP contribution in [0.5, 0.6) is 0 Å². The first-order valence-electron chi connectivity index (χ1n) is 10.1. The van der Waals surface area contributed by atoms with Gasteiger partial charge in [0.2, 0.25) is 0 Å². The number of rotatable bonds is 5. The van der Waals surface area contributed by atoms with Gasteiger partial charge in [-0.1, -0.05) is 6.92 Å². The summed E-state index contributed by atoms with van der Waals surface area (Å²) in [4.78, 5) is 31.4. The molecule has 3 rings (SSSR count). The summed E-state index contributed by atoms with van der Waals surface area (Å²) in [5.74, 6) is 0.622. The first-order valence-corrected chi connectivity index (χ1v) is 10.1. The second-order valence-corrected chi connectivity index (χ2v) is 8.50. The minimum Gasteiger partial charge on any atom is -0.383 e. The van der Waals surface area contributed by atoms with E-state index in [-0.39, 0.29) is 17.9 Å². The first kappa shape index (κ1) is 19.2. The molecule has 0 aromatic heterocycles. The lowest BCUT2D eigenvalue weighted by Crippen LogP contribution is -2.58. The van der Waals surface area contributed by atoms with E-state index in [2.05, 4.69) is 17.1 Å². The normalized spacial score (nSPS) is 30.8. The SMILES string of the molecule is CCCN1C[C@@H](NC(=O)N(C)C2CC2)C[C@@H]2CC(=O)C(=CN(C)C)C[C@H]21.